The summed E-state index contributed by atoms with van der Waals surface area (Å²) >= 11 is 1.65. The van der Waals surface area contributed by atoms with E-state index in [2.05, 4.69) is 36.2 Å². The average molecular weight is 267 g/mol. The highest BCUT2D eigenvalue weighted by molar-refractivity contribution is 7.21. The van der Waals surface area contributed by atoms with E-state index in [0.717, 1.165) is 20.8 Å². The first-order valence-electron chi connectivity index (χ1n) is 6.12. The molecule has 0 saturated heterocycles. The predicted molar refractivity (Wildman–Crippen MR) is 79.8 cm³/mol. The molecule has 0 saturated carbocycles. The third-order valence-corrected chi connectivity index (χ3v) is 4.18. The van der Waals surface area contributed by atoms with Crippen LogP contribution in [-0.4, -0.2) is 10.8 Å². The molecule has 3 rings (SSSR count). The van der Waals surface area contributed by atoms with Crippen molar-refractivity contribution in [1.82, 2.24) is 4.98 Å². The summed E-state index contributed by atoms with van der Waals surface area (Å²) in [5.41, 5.74) is 3.97. The van der Waals surface area contributed by atoms with Crippen LogP contribution in [0, 0.1) is 6.92 Å². The van der Waals surface area contributed by atoms with Crippen molar-refractivity contribution in [2.75, 3.05) is 0 Å². The zero-order valence-corrected chi connectivity index (χ0v) is 11.6. The van der Waals surface area contributed by atoms with Gasteiger partial charge in [-0.25, -0.2) is 4.98 Å². The molecular formula is C16H13NOS. The molecule has 1 aromatic heterocycles. The van der Waals surface area contributed by atoms with E-state index in [0.29, 0.717) is 5.56 Å². The Kier molecular flexibility index (Phi) is 2.91. The first-order chi connectivity index (χ1) is 9.13. The van der Waals surface area contributed by atoms with Gasteiger partial charge in [0.1, 0.15) is 5.01 Å². The lowest BCUT2D eigenvalue weighted by Crippen LogP contribution is -1.90. The minimum atomic E-state index is 0.0757. The molecule has 0 amide bonds. The molecule has 0 unspecified atom stereocenters. The lowest BCUT2D eigenvalue weighted by Gasteiger charge is -1.95. The zero-order chi connectivity index (χ0) is 13.4. The van der Waals surface area contributed by atoms with Crippen LogP contribution in [0.2, 0.25) is 0 Å². The highest BCUT2D eigenvalue weighted by Gasteiger charge is 2.08. The number of aryl methyl sites for hydroxylation is 1. The number of nitrogens with zero attached hydrogens (tertiary/aromatic N) is 1. The summed E-state index contributed by atoms with van der Waals surface area (Å²) in [4.78, 5) is 16.0. The molecule has 94 valence electrons. The molecule has 0 radical (unpaired) electrons. The fraction of sp³-hybridized carbons (Fsp3) is 0.125. The van der Waals surface area contributed by atoms with E-state index in [1.807, 2.05) is 18.2 Å². The fourth-order valence-corrected chi connectivity index (χ4v) is 2.92. The van der Waals surface area contributed by atoms with Gasteiger partial charge in [0.25, 0.3) is 0 Å². The van der Waals surface area contributed by atoms with Crippen molar-refractivity contribution in [3.05, 3.63) is 53.6 Å². The highest BCUT2D eigenvalue weighted by atomic mass is 32.1. The second-order valence-electron chi connectivity index (χ2n) is 4.62. The van der Waals surface area contributed by atoms with E-state index in [4.69, 9.17) is 0 Å². The maximum absolute atomic E-state index is 11.4. The van der Waals surface area contributed by atoms with Crippen molar-refractivity contribution < 1.29 is 4.79 Å². The van der Waals surface area contributed by atoms with Crippen molar-refractivity contribution in [2.24, 2.45) is 0 Å². The van der Waals surface area contributed by atoms with Crippen molar-refractivity contribution in [3.63, 3.8) is 0 Å². The first kappa shape index (κ1) is 12.1. The summed E-state index contributed by atoms with van der Waals surface area (Å²) < 4.78 is 1.11. The number of rotatable bonds is 2. The van der Waals surface area contributed by atoms with E-state index < -0.39 is 0 Å². The summed E-state index contributed by atoms with van der Waals surface area (Å²) in [6.45, 7) is 3.65. The number of Topliss-reactive ketones (excluding diaryl/α,β-unsaturated/α-hetero) is 1. The summed E-state index contributed by atoms with van der Waals surface area (Å²) in [6.07, 6.45) is 0. The van der Waals surface area contributed by atoms with Crippen LogP contribution in [0.1, 0.15) is 22.8 Å². The van der Waals surface area contributed by atoms with Crippen molar-refractivity contribution in [1.29, 1.82) is 0 Å². The minimum absolute atomic E-state index is 0.0757. The Labute approximate surface area is 115 Å². The number of fused-ring (bicyclic) bond motifs is 1. The Morgan fingerprint density at radius 3 is 2.53 bits per heavy atom. The van der Waals surface area contributed by atoms with Gasteiger partial charge in [0.2, 0.25) is 0 Å². The first-order valence-corrected chi connectivity index (χ1v) is 6.94. The summed E-state index contributed by atoms with van der Waals surface area (Å²) in [7, 11) is 0. The smallest absolute Gasteiger partial charge is 0.159 e. The van der Waals surface area contributed by atoms with Gasteiger partial charge in [0.05, 0.1) is 10.2 Å². The Bertz CT molecular complexity index is 756. The van der Waals surface area contributed by atoms with Crippen molar-refractivity contribution in [2.45, 2.75) is 13.8 Å². The largest absolute Gasteiger partial charge is 0.295 e. The van der Waals surface area contributed by atoms with Crippen LogP contribution in [-0.2, 0) is 0 Å². The summed E-state index contributed by atoms with van der Waals surface area (Å²) in [5, 5.41) is 0.996. The van der Waals surface area contributed by atoms with E-state index in [9.17, 15) is 4.79 Å². The molecule has 19 heavy (non-hydrogen) atoms. The monoisotopic (exact) mass is 267 g/mol. The van der Waals surface area contributed by atoms with Crippen LogP contribution in [0.25, 0.3) is 20.8 Å². The third kappa shape index (κ3) is 2.29. The molecule has 0 N–H and O–H groups in total. The number of carbonyl (C=O) groups is 1. The lowest BCUT2D eigenvalue weighted by atomic mass is 10.1. The maximum atomic E-state index is 11.4. The molecule has 0 bridgehead atoms. The Morgan fingerprint density at radius 2 is 1.84 bits per heavy atom. The minimum Gasteiger partial charge on any atom is -0.295 e. The molecule has 3 aromatic rings. The summed E-state index contributed by atoms with van der Waals surface area (Å²) in [6, 6.07) is 14.0. The molecule has 2 nitrogen and oxygen atoms in total. The molecule has 2 aromatic carbocycles. The standard InChI is InChI=1S/C16H13NOS/c1-10-3-5-12(6-4-10)16-17-14-9-13(11(2)18)7-8-15(14)19-16/h3-9H,1-2H3. The number of ketones is 1. The Balaban J connectivity index is 2.11. The van der Waals surface area contributed by atoms with Crippen LogP contribution < -0.4 is 0 Å². The predicted octanol–water partition coefficient (Wildman–Crippen LogP) is 4.47. The number of aromatic nitrogens is 1. The normalized spacial score (nSPS) is 10.8. The van der Waals surface area contributed by atoms with Gasteiger partial charge in [0, 0.05) is 11.1 Å². The summed E-state index contributed by atoms with van der Waals surface area (Å²) in [5.74, 6) is 0.0757. The molecule has 0 aliphatic rings. The van der Waals surface area contributed by atoms with Crippen molar-refractivity contribution in [3.8, 4) is 10.6 Å². The van der Waals surface area contributed by atoms with Gasteiger partial charge in [-0.3, -0.25) is 4.79 Å². The molecule has 0 fully saturated rings. The van der Waals surface area contributed by atoms with Crippen LogP contribution in [0.4, 0.5) is 0 Å². The van der Waals surface area contributed by atoms with Crippen LogP contribution in [0.3, 0.4) is 0 Å². The van der Waals surface area contributed by atoms with Gasteiger partial charge in [-0.1, -0.05) is 29.8 Å². The molecule has 0 aliphatic heterocycles. The fourth-order valence-electron chi connectivity index (χ4n) is 1.97. The van der Waals surface area contributed by atoms with E-state index in [1.54, 1.807) is 18.3 Å². The molecular weight excluding hydrogens is 254 g/mol. The Hall–Kier alpha value is -2.00. The molecule has 0 atom stereocenters. The quantitative estimate of drug-likeness (QED) is 0.641. The maximum Gasteiger partial charge on any atom is 0.159 e. The number of benzene rings is 2. The van der Waals surface area contributed by atoms with Gasteiger partial charge in [0.15, 0.2) is 5.78 Å². The average Bonchev–Trinajstić information content (AvgIpc) is 2.82. The second kappa shape index (κ2) is 4.59. The van der Waals surface area contributed by atoms with Gasteiger partial charge in [-0.15, -0.1) is 11.3 Å². The lowest BCUT2D eigenvalue weighted by molar-refractivity contribution is 0.101. The number of hydrogen-bond acceptors (Lipinski definition) is 3. The van der Waals surface area contributed by atoms with Crippen LogP contribution in [0.5, 0.6) is 0 Å². The van der Waals surface area contributed by atoms with E-state index >= 15 is 0 Å². The molecule has 1 heterocycles. The van der Waals surface area contributed by atoms with E-state index in [1.165, 1.54) is 5.56 Å². The Morgan fingerprint density at radius 1 is 1.11 bits per heavy atom. The molecule has 0 spiro atoms. The number of carbonyl (C=O) groups excluding carboxylic acids is 1. The van der Waals surface area contributed by atoms with Gasteiger partial charge in [-0.2, -0.15) is 0 Å². The van der Waals surface area contributed by atoms with Gasteiger partial charge >= 0.3 is 0 Å². The second-order valence-corrected chi connectivity index (χ2v) is 5.65. The van der Waals surface area contributed by atoms with Gasteiger partial charge < -0.3 is 0 Å². The molecule has 0 aliphatic carbocycles. The van der Waals surface area contributed by atoms with Crippen molar-refractivity contribution >= 4 is 27.3 Å². The van der Waals surface area contributed by atoms with Crippen LogP contribution >= 0.6 is 11.3 Å². The van der Waals surface area contributed by atoms with E-state index in [-0.39, 0.29) is 5.78 Å². The van der Waals surface area contributed by atoms with Crippen LogP contribution in [0.15, 0.2) is 42.5 Å². The number of thiazole rings is 1. The molecule has 3 heteroatoms. The van der Waals surface area contributed by atoms with Gasteiger partial charge in [-0.05, 0) is 32.0 Å². The highest BCUT2D eigenvalue weighted by Crippen LogP contribution is 2.30. The third-order valence-electron chi connectivity index (χ3n) is 3.09. The number of hydrogen-bond donors (Lipinski definition) is 0. The zero-order valence-electron chi connectivity index (χ0n) is 10.8. The topological polar surface area (TPSA) is 30.0 Å². The SMILES string of the molecule is CC(=O)c1ccc2sc(-c3ccc(C)cc3)nc2c1.